The van der Waals surface area contributed by atoms with Crippen molar-refractivity contribution in [3.05, 3.63) is 41.7 Å². The predicted molar refractivity (Wildman–Crippen MR) is 86.0 cm³/mol. The van der Waals surface area contributed by atoms with Gasteiger partial charge in [0.1, 0.15) is 5.75 Å². The van der Waals surface area contributed by atoms with Crippen molar-refractivity contribution >= 4 is 5.78 Å². The van der Waals surface area contributed by atoms with Gasteiger partial charge in [-0.1, -0.05) is 26.0 Å². The average Bonchev–Trinajstić information content (AvgIpc) is 2.75. The maximum Gasteiger partial charge on any atom is 0.162 e. The number of aromatic nitrogens is 1. The normalized spacial score (nSPS) is 11.0. The average molecular weight is 285 g/mol. The number of carbonyl (C=O) groups is 1. The van der Waals surface area contributed by atoms with Crippen molar-refractivity contribution in [3.8, 4) is 16.9 Å². The van der Waals surface area contributed by atoms with Crippen LogP contribution >= 0.6 is 0 Å². The summed E-state index contributed by atoms with van der Waals surface area (Å²) >= 11 is 0. The zero-order valence-electron chi connectivity index (χ0n) is 13.4. The minimum absolute atomic E-state index is 0.112. The van der Waals surface area contributed by atoms with E-state index in [2.05, 4.69) is 24.6 Å². The predicted octanol–water partition coefficient (Wildman–Crippen LogP) is 4.33. The van der Waals surface area contributed by atoms with Gasteiger partial charge in [0.2, 0.25) is 0 Å². The molecular formula is C18H23NO2. The fourth-order valence-corrected chi connectivity index (χ4v) is 2.67. The molecule has 2 aromatic rings. The second kappa shape index (κ2) is 6.17. The molecular weight excluding hydrogens is 262 g/mol. The molecule has 3 nitrogen and oxygen atoms in total. The highest BCUT2D eigenvalue weighted by molar-refractivity contribution is 6.02. The lowest BCUT2D eigenvalue weighted by Gasteiger charge is -2.09. The van der Waals surface area contributed by atoms with Crippen LogP contribution in [0.4, 0.5) is 0 Å². The van der Waals surface area contributed by atoms with Crippen molar-refractivity contribution < 1.29 is 9.53 Å². The number of hydrogen-bond acceptors (Lipinski definition) is 2. The molecule has 2 rings (SSSR count). The molecule has 0 N–H and O–H groups in total. The molecule has 0 saturated heterocycles. The molecule has 0 amide bonds. The Bertz CT molecular complexity index is 636. The van der Waals surface area contributed by atoms with Gasteiger partial charge < -0.3 is 9.30 Å². The van der Waals surface area contributed by atoms with E-state index in [-0.39, 0.29) is 5.78 Å². The zero-order chi connectivity index (χ0) is 15.6. The van der Waals surface area contributed by atoms with Gasteiger partial charge in [0.15, 0.2) is 5.78 Å². The van der Waals surface area contributed by atoms with Gasteiger partial charge >= 0.3 is 0 Å². The summed E-state index contributed by atoms with van der Waals surface area (Å²) in [6.45, 7) is 8.93. The first-order valence-corrected chi connectivity index (χ1v) is 7.29. The minimum Gasteiger partial charge on any atom is -0.497 e. The Hall–Kier alpha value is -2.03. The summed E-state index contributed by atoms with van der Waals surface area (Å²) in [6.07, 6.45) is 2.09. The Morgan fingerprint density at radius 1 is 1.24 bits per heavy atom. The Kier molecular flexibility index (Phi) is 4.51. The molecule has 0 radical (unpaired) electrons. The van der Waals surface area contributed by atoms with Crippen LogP contribution in [-0.4, -0.2) is 17.5 Å². The van der Waals surface area contributed by atoms with Gasteiger partial charge in [-0.2, -0.15) is 0 Å². The summed E-state index contributed by atoms with van der Waals surface area (Å²) in [6, 6.07) is 7.85. The van der Waals surface area contributed by atoms with Gasteiger partial charge in [-0.05, 0) is 37.5 Å². The van der Waals surface area contributed by atoms with E-state index < -0.39 is 0 Å². The van der Waals surface area contributed by atoms with Crippen molar-refractivity contribution in [2.24, 2.45) is 5.92 Å². The Balaban J connectivity index is 2.52. The van der Waals surface area contributed by atoms with E-state index in [0.717, 1.165) is 34.7 Å². The molecule has 21 heavy (non-hydrogen) atoms. The Morgan fingerprint density at radius 3 is 2.33 bits per heavy atom. The van der Waals surface area contributed by atoms with E-state index >= 15 is 0 Å². The number of ketones is 1. The lowest BCUT2D eigenvalue weighted by atomic mass is 10.0. The van der Waals surface area contributed by atoms with Crippen LogP contribution in [0.15, 0.2) is 30.5 Å². The number of rotatable bonds is 5. The third kappa shape index (κ3) is 3.18. The number of hydrogen-bond donors (Lipinski definition) is 0. The molecule has 0 unspecified atom stereocenters. The van der Waals surface area contributed by atoms with Crippen LogP contribution in [0.5, 0.6) is 5.75 Å². The molecule has 0 bridgehead atoms. The Labute approximate surface area is 126 Å². The number of benzene rings is 1. The maximum atomic E-state index is 12.0. The number of Topliss-reactive ketones (excluding diaryl/α,β-unsaturated/α-hetero) is 1. The zero-order valence-corrected chi connectivity index (χ0v) is 13.4. The summed E-state index contributed by atoms with van der Waals surface area (Å²) in [5.41, 5.74) is 3.91. The Morgan fingerprint density at radius 2 is 1.86 bits per heavy atom. The topological polar surface area (TPSA) is 31.2 Å². The van der Waals surface area contributed by atoms with Gasteiger partial charge in [-0.3, -0.25) is 4.79 Å². The molecule has 1 aromatic carbocycles. The first-order chi connectivity index (χ1) is 9.93. The molecule has 0 aliphatic heterocycles. The van der Waals surface area contributed by atoms with Crippen molar-refractivity contribution in [1.82, 2.24) is 4.57 Å². The smallest absolute Gasteiger partial charge is 0.162 e. The molecule has 0 aliphatic rings. The van der Waals surface area contributed by atoms with E-state index in [0.29, 0.717) is 5.92 Å². The fourth-order valence-electron chi connectivity index (χ4n) is 2.67. The fraction of sp³-hybridized carbons (Fsp3) is 0.389. The summed E-state index contributed by atoms with van der Waals surface area (Å²) in [7, 11) is 1.65. The molecule has 0 atom stereocenters. The molecule has 3 heteroatoms. The molecule has 0 aliphatic carbocycles. The molecule has 0 saturated carbocycles. The number of nitrogens with zero attached hydrogens (tertiary/aromatic N) is 1. The number of ether oxygens (including phenoxy) is 1. The second-order valence-electron chi connectivity index (χ2n) is 5.83. The van der Waals surface area contributed by atoms with Gasteiger partial charge in [0.05, 0.1) is 7.11 Å². The largest absolute Gasteiger partial charge is 0.497 e. The van der Waals surface area contributed by atoms with E-state index in [1.807, 2.05) is 31.2 Å². The minimum atomic E-state index is 0.112. The third-order valence-corrected chi connectivity index (χ3v) is 3.66. The van der Waals surface area contributed by atoms with Gasteiger partial charge in [-0.15, -0.1) is 0 Å². The maximum absolute atomic E-state index is 12.0. The third-order valence-electron chi connectivity index (χ3n) is 3.66. The van der Waals surface area contributed by atoms with Gasteiger partial charge in [0, 0.05) is 29.6 Å². The van der Waals surface area contributed by atoms with Crippen LogP contribution in [0, 0.1) is 12.8 Å². The number of methoxy groups -OCH3 is 1. The molecule has 0 fully saturated rings. The van der Waals surface area contributed by atoms with Crippen LogP contribution in [0.3, 0.4) is 0 Å². The van der Waals surface area contributed by atoms with E-state index in [4.69, 9.17) is 4.74 Å². The highest BCUT2D eigenvalue weighted by Gasteiger charge is 2.18. The van der Waals surface area contributed by atoms with Crippen molar-refractivity contribution in [2.45, 2.75) is 34.2 Å². The van der Waals surface area contributed by atoms with E-state index in [9.17, 15) is 4.79 Å². The van der Waals surface area contributed by atoms with Crippen LogP contribution in [-0.2, 0) is 6.54 Å². The summed E-state index contributed by atoms with van der Waals surface area (Å²) in [5, 5.41) is 0. The highest BCUT2D eigenvalue weighted by Crippen LogP contribution is 2.30. The van der Waals surface area contributed by atoms with E-state index in [1.54, 1.807) is 14.0 Å². The summed E-state index contributed by atoms with van der Waals surface area (Å²) in [4.78, 5) is 12.0. The van der Waals surface area contributed by atoms with E-state index in [1.165, 1.54) is 0 Å². The van der Waals surface area contributed by atoms with Gasteiger partial charge in [0.25, 0.3) is 0 Å². The first-order valence-electron chi connectivity index (χ1n) is 7.29. The van der Waals surface area contributed by atoms with Gasteiger partial charge in [-0.25, -0.2) is 0 Å². The second-order valence-corrected chi connectivity index (χ2v) is 5.83. The monoisotopic (exact) mass is 285 g/mol. The lowest BCUT2D eigenvalue weighted by Crippen LogP contribution is -2.06. The molecule has 1 heterocycles. The van der Waals surface area contributed by atoms with Crippen LogP contribution in [0.1, 0.15) is 36.8 Å². The summed E-state index contributed by atoms with van der Waals surface area (Å²) in [5.74, 6) is 1.47. The highest BCUT2D eigenvalue weighted by atomic mass is 16.5. The molecule has 0 spiro atoms. The molecule has 1 aromatic heterocycles. The van der Waals surface area contributed by atoms with Crippen molar-refractivity contribution in [3.63, 3.8) is 0 Å². The summed E-state index contributed by atoms with van der Waals surface area (Å²) < 4.78 is 7.37. The van der Waals surface area contributed by atoms with Crippen LogP contribution in [0.25, 0.3) is 11.1 Å². The lowest BCUT2D eigenvalue weighted by molar-refractivity contribution is 0.101. The van der Waals surface area contributed by atoms with Crippen LogP contribution in [0.2, 0.25) is 0 Å². The SMILES string of the molecule is COc1ccc(-c2cn(CC(C)C)c(C)c2C(C)=O)cc1. The first kappa shape index (κ1) is 15.4. The standard InChI is InChI=1S/C18H23NO2/c1-12(2)10-19-11-17(18(13(19)3)14(4)20)15-6-8-16(21-5)9-7-15/h6-9,11-12H,10H2,1-5H3. The number of carbonyl (C=O) groups excluding carboxylic acids is 1. The van der Waals surface area contributed by atoms with Crippen molar-refractivity contribution in [2.75, 3.05) is 7.11 Å². The molecule has 112 valence electrons. The van der Waals surface area contributed by atoms with Crippen molar-refractivity contribution in [1.29, 1.82) is 0 Å². The van der Waals surface area contributed by atoms with Crippen LogP contribution < -0.4 is 4.74 Å². The quantitative estimate of drug-likeness (QED) is 0.766.